The molecule has 1 aliphatic heterocycles. The van der Waals surface area contributed by atoms with E-state index in [2.05, 4.69) is 10.6 Å². The smallest absolute Gasteiger partial charge is 0.223 e. The van der Waals surface area contributed by atoms with Gasteiger partial charge in [0.15, 0.2) is 0 Å². The van der Waals surface area contributed by atoms with E-state index in [0.29, 0.717) is 0 Å². The summed E-state index contributed by atoms with van der Waals surface area (Å²) >= 11 is 0. The third-order valence-corrected chi connectivity index (χ3v) is 3.04. The Balaban J connectivity index is 2.38. The topological polar surface area (TPSA) is 61.4 Å². The third-order valence-electron chi connectivity index (χ3n) is 3.04. The summed E-state index contributed by atoms with van der Waals surface area (Å²) in [7, 11) is 0. The van der Waals surface area contributed by atoms with E-state index in [1.165, 1.54) is 0 Å². The second-order valence-electron chi connectivity index (χ2n) is 4.57. The fraction of sp³-hybridized carbons (Fsp3) is 0.909. The third kappa shape index (κ3) is 3.80. The number of amides is 1. The highest BCUT2D eigenvalue weighted by atomic mass is 16.3. The molecule has 1 rings (SSSR count). The molecule has 0 saturated carbocycles. The molecule has 1 amide bonds. The monoisotopic (exact) mass is 214 g/mol. The zero-order valence-corrected chi connectivity index (χ0v) is 9.62. The van der Waals surface area contributed by atoms with Gasteiger partial charge in [-0.05, 0) is 31.8 Å². The van der Waals surface area contributed by atoms with Gasteiger partial charge in [0.1, 0.15) is 0 Å². The van der Waals surface area contributed by atoms with E-state index in [4.69, 9.17) is 5.11 Å². The minimum absolute atomic E-state index is 0.0222. The maximum atomic E-state index is 11.8. The Morgan fingerprint density at radius 1 is 1.47 bits per heavy atom. The van der Waals surface area contributed by atoms with Gasteiger partial charge < -0.3 is 15.7 Å². The van der Waals surface area contributed by atoms with Crippen LogP contribution in [0.3, 0.4) is 0 Å². The zero-order valence-electron chi connectivity index (χ0n) is 9.62. The molecule has 1 heterocycles. The molecule has 3 N–H and O–H groups in total. The van der Waals surface area contributed by atoms with E-state index < -0.39 is 0 Å². The zero-order chi connectivity index (χ0) is 11.3. The Kier molecular flexibility index (Phi) is 5.05. The summed E-state index contributed by atoms with van der Waals surface area (Å²) in [5, 5.41) is 15.3. The molecule has 0 spiro atoms. The van der Waals surface area contributed by atoms with Gasteiger partial charge in [0.05, 0.1) is 12.6 Å². The van der Waals surface area contributed by atoms with Crippen LogP contribution >= 0.6 is 0 Å². The highest BCUT2D eigenvalue weighted by molar-refractivity contribution is 5.79. The van der Waals surface area contributed by atoms with E-state index >= 15 is 0 Å². The number of nitrogens with one attached hydrogen (secondary N) is 2. The molecule has 0 aromatic carbocycles. The summed E-state index contributed by atoms with van der Waals surface area (Å²) in [5.74, 6) is 0.504. The minimum atomic E-state index is -0.104. The van der Waals surface area contributed by atoms with Crippen LogP contribution in [-0.4, -0.2) is 36.8 Å². The van der Waals surface area contributed by atoms with Gasteiger partial charge in [0.2, 0.25) is 5.91 Å². The number of hydrogen-bond donors (Lipinski definition) is 3. The van der Waals surface area contributed by atoms with E-state index in [1.54, 1.807) is 0 Å². The van der Waals surface area contributed by atoms with Crippen molar-refractivity contribution >= 4 is 5.91 Å². The van der Waals surface area contributed by atoms with Crippen LogP contribution < -0.4 is 10.6 Å². The maximum Gasteiger partial charge on any atom is 0.223 e. The van der Waals surface area contributed by atoms with Gasteiger partial charge in [0.25, 0.3) is 0 Å². The summed E-state index contributed by atoms with van der Waals surface area (Å²) in [6.45, 7) is 5.87. The van der Waals surface area contributed by atoms with Crippen molar-refractivity contribution < 1.29 is 9.90 Å². The molecule has 0 aliphatic carbocycles. The van der Waals surface area contributed by atoms with E-state index in [-0.39, 0.29) is 30.4 Å². The summed E-state index contributed by atoms with van der Waals surface area (Å²) in [4.78, 5) is 11.8. The van der Waals surface area contributed by atoms with Crippen molar-refractivity contribution in [1.29, 1.82) is 0 Å². The quantitative estimate of drug-likeness (QED) is 0.623. The molecule has 1 aliphatic rings. The van der Waals surface area contributed by atoms with E-state index in [1.807, 2.05) is 13.8 Å². The van der Waals surface area contributed by atoms with Crippen LogP contribution in [0.1, 0.15) is 26.7 Å². The van der Waals surface area contributed by atoms with Crippen LogP contribution in [0.25, 0.3) is 0 Å². The van der Waals surface area contributed by atoms with Crippen molar-refractivity contribution in [2.75, 3.05) is 19.7 Å². The number of piperidine rings is 1. The first-order valence-electron chi connectivity index (χ1n) is 5.77. The lowest BCUT2D eigenvalue weighted by Gasteiger charge is -2.26. The highest BCUT2D eigenvalue weighted by Gasteiger charge is 2.23. The normalized spacial score (nSPS) is 20.3. The Hall–Kier alpha value is -0.610. The first kappa shape index (κ1) is 12.5. The Morgan fingerprint density at radius 3 is 2.53 bits per heavy atom. The molecule has 0 aromatic heterocycles. The molecular weight excluding hydrogens is 192 g/mol. The van der Waals surface area contributed by atoms with Crippen LogP contribution in [0.15, 0.2) is 0 Å². The fourth-order valence-corrected chi connectivity index (χ4v) is 1.81. The van der Waals surface area contributed by atoms with Crippen molar-refractivity contribution in [2.24, 2.45) is 11.8 Å². The molecular formula is C11H22N2O2. The number of aliphatic hydroxyl groups is 1. The molecule has 1 fully saturated rings. The highest BCUT2D eigenvalue weighted by Crippen LogP contribution is 2.12. The van der Waals surface area contributed by atoms with Crippen molar-refractivity contribution in [2.45, 2.75) is 32.7 Å². The summed E-state index contributed by atoms with van der Waals surface area (Å²) in [6.07, 6.45) is 1.81. The first-order valence-corrected chi connectivity index (χ1v) is 5.77. The molecule has 15 heavy (non-hydrogen) atoms. The standard InChI is InChI=1S/C11H22N2O2/c1-8(2)10(7-14)13-11(15)9-3-5-12-6-4-9/h8-10,12,14H,3-7H2,1-2H3,(H,13,15). The largest absolute Gasteiger partial charge is 0.394 e. The van der Waals surface area contributed by atoms with Crippen molar-refractivity contribution in [1.82, 2.24) is 10.6 Å². The van der Waals surface area contributed by atoms with Crippen LogP contribution in [0.4, 0.5) is 0 Å². The van der Waals surface area contributed by atoms with Gasteiger partial charge >= 0.3 is 0 Å². The number of aliphatic hydroxyl groups excluding tert-OH is 1. The molecule has 4 nitrogen and oxygen atoms in total. The molecule has 0 aromatic rings. The minimum Gasteiger partial charge on any atom is -0.394 e. The van der Waals surface area contributed by atoms with Crippen molar-refractivity contribution in [3.8, 4) is 0 Å². The van der Waals surface area contributed by atoms with Gasteiger partial charge in [-0.15, -0.1) is 0 Å². The van der Waals surface area contributed by atoms with Crippen molar-refractivity contribution in [3.63, 3.8) is 0 Å². The fourth-order valence-electron chi connectivity index (χ4n) is 1.81. The van der Waals surface area contributed by atoms with E-state index in [0.717, 1.165) is 25.9 Å². The summed E-state index contributed by atoms with van der Waals surface area (Å²) < 4.78 is 0. The predicted molar refractivity (Wildman–Crippen MR) is 59.4 cm³/mol. The van der Waals surface area contributed by atoms with Gasteiger partial charge in [-0.1, -0.05) is 13.8 Å². The van der Waals surface area contributed by atoms with Crippen LogP contribution in [0.2, 0.25) is 0 Å². The van der Waals surface area contributed by atoms with Gasteiger partial charge in [-0.2, -0.15) is 0 Å². The number of rotatable bonds is 4. The Morgan fingerprint density at radius 2 is 2.07 bits per heavy atom. The van der Waals surface area contributed by atoms with Gasteiger partial charge in [0, 0.05) is 5.92 Å². The second-order valence-corrected chi connectivity index (χ2v) is 4.57. The summed E-state index contributed by atoms with van der Waals surface area (Å²) in [6, 6.07) is -0.104. The van der Waals surface area contributed by atoms with Crippen LogP contribution in [0.5, 0.6) is 0 Å². The Bertz CT molecular complexity index is 201. The Labute approximate surface area is 91.4 Å². The maximum absolute atomic E-state index is 11.8. The number of carbonyl (C=O) groups is 1. The van der Waals surface area contributed by atoms with Crippen LogP contribution in [0, 0.1) is 11.8 Å². The SMILES string of the molecule is CC(C)C(CO)NC(=O)C1CCNCC1. The predicted octanol–water partition coefficient (Wildman–Crippen LogP) is 0.119. The lowest BCUT2D eigenvalue weighted by atomic mass is 9.96. The lowest BCUT2D eigenvalue weighted by molar-refractivity contribution is -0.127. The average Bonchev–Trinajstić information content (AvgIpc) is 2.26. The first-order chi connectivity index (χ1) is 7.15. The molecule has 0 bridgehead atoms. The molecule has 4 heteroatoms. The molecule has 1 unspecified atom stereocenters. The average molecular weight is 214 g/mol. The number of hydrogen-bond acceptors (Lipinski definition) is 3. The molecule has 0 radical (unpaired) electrons. The van der Waals surface area contributed by atoms with Gasteiger partial charge in [-0.25, -0.2) is 0 Å². The molecule has 1 saturated heterocycles. The van der Waals surface area contributed by atoms with E-state index in [9.17, 15) is 4.79 Å². The molecule has 1 atom stereocenters. The molecule has 88 valence electrons. The number of carbonyl (C=O) groups excluding carboxylic acids is 1. The second kappa shape index (κ2) is 6.08. The lowest BCUT2D eigenvalue weighted by Crippen LogP contribution is -2.46. The summed E-state index contributed by atoms with van der Waals surface area (Å²) in [5.41, 5.74) is 0. The van der Waals surface area contributed by atoms with Gasteiger partial charge in [-0.3, -0.25) is 4.79 Å². The van der Waals surface area contributed by atoms with Crippen molar-refractivity contribution in [3.05, 3.63) is 0 Å². The van der Waals surface area contributed by atoms with Crippen LogP contribution in [-0.2, 0) is 4.79 Å².